The zero-order chi connectivity index (χ0) is 10.0. The standard InChI is InChI=1S/C8H12BrN3O/c1-5(2)12-4-6(9)3-7(12)8(13)11-10/h3-5H,10H2,1-2H3,(H,11,13). The van der Waals surface area contributed by atoms with E-state index < -0.39 is 0 Å². The Morgan fingerprint density at radius 2 is 2.31 bits per heavy atom. The number of nitrogens with one attached hydrogen (secondary N) is 1. The molecule has 13 heavy (non-hydrogen) atoms. The van der Waals surface area contributed by atoms with Gasteiger partial charge >= 0.3 is 0 Å². The van der Waals surface area contributed by atoms with Crippen LogP contribution in [0.25, 0.3) is 0 Å². The monoisotopic (exact) mass is 245 g/mol. The van der Waals surface area contributed by atoms with E-state index in [1.807, 2.05) is 24.6 Å². The highest BCUT2D eigenvalue weighted by Crippen LogP contribution is 2.18. The number of hydrazine groups is 1. The van der Waals surface area contributed by atoms with Gasteiger partial charge in [-0.2, -0.15) is 0 Å². The van der Waals surface area contributed by atoms with Crippen LogP contribution in [0, 0.1) is 0 Å². The summed E-state index contributed by atoms with van der Waals surface area (Å²) < 4.78 is 2.73. The molecular weight excluding hydrogens is 234 g/mol. The van der Waals surface area contributed by atoms with Crippen molar-refractivity contribution in [3.8, 4) is 0 Å². The fourth-order valence-corrected chi connectivity index (χ4v) is 1.57. The Labute approximate surface area is 85.2 Å². The van der Waals surface area contributed by atoms with Crippen molar-refractivity contribution >= 4 is 21.8 Å². The summed E-state index contributed by atoms with van der Waals surface area (Å²) in [6, 6.07) is 1.97. The molecule has 0 bridgehead atoms. The van der Waals surface area contributed by atoms with Gasteiger partial charge < -0.3 is 4.57 Å². The molecule has 0 aliphatic carbocycles. The maximum absolute atomic E-state index is 11.3. The number of nitrogens with zero attached hydrogens (tertiary/aromatic N) is 1. The maximum Gasteiger partial charge on any atom is 0.281 e. The molecule has 3 N–H and O–H groups in total. The highest BCUT2D eigenvalue weighted by Gasteiger charge is 2.13. The van der Waals surface area contributed by atoms with Crippen LogP contribution in [-0.2, 0) is 0 Å². The lowest BCUT2D eigenvalue weighted by Crippen LogP contribution is -2.31. The average molecular weight is 246 g/mol. The highest BCUT2D eigenvalue weighted by atomic mass is 79.9. The van der Waals surface area contributed by atoms with Gasteiger partial charge in [-0.3, -0.25) is 10.2 Å². The van der Waals surface area contributed by atoms with Crippen molar-refractivity contribution in [1.29, 1.82) is 0 Å². The van der Waals surface area contributed by atoms with E-state index in [-0.39, 0.29) is 11.9 Å². The maximum atomic E-state index is 11.3. The molecular formula is C8H12BrN3O. The summed E-state index contributed by atoms with van der Waals surface area (Å²) in [6.45, 7) is 4.00. The van der Waals surface area contributed by atoms with E-state index >= 15 is 0 Å². The van der Waals surface area contributed by atoms with Crippen molar-refractivity contribution in [2.75, 3.05) is 0 Å². The van der Waals surface area contributed by atoms with E-state index in [0.29, 0.717) is 5.69 Å². The smallest absolute Gasteiger partial charge is 0.281 e. The van der Waals surface area contributed by atoms with Crippen LogP contribution < -0.4 is 11.3 Å². The molecule has 0 radical (unpaired) electrons. The Bertz CT molecular complexity index is 319. The second-order valence-electron chi connectivity index (χ2n) is 3.02. The summed E-state index contributed by atoms with van der Waals surface area (Å²) in [6.07, 6.45) is 1.86. The predicted molar refractivity (Wildman–Crippen MR) is 54.2 cm³/mol. The lowest BCUT2D eigenvalue weighted by molar-refractivity contribution is 0.0943. The summed E-state index contributed by atoms with van der Waals surface area (Å²) in [7, 11) is 0. The summed E-state index contributed by atoms with van der Waals surface area (Å²) in [4.78, 5) is 11.3. The second kappa shape index (κ2) is 3.93. The fourth-order valence-electron chi connectivity index (χ4n) is 1.13. The van der Waals surface area contributed by atoms with Gasteiger partial charge in [-0.25, -0.2) is 5.84 Å². The van der Waals surface area contributed by atoms with E-state index in [1.165, 1.54) is 0 Å². The first-order valence-corrected chi connectivity index (χ1v) is 4.74. The first kappa shape index (κ1) is 10.3. The van der Waals surface area contributed by atoms with Gasteiger partial charge in [0.05, 0.1) is 0 Å². The van der Waals surface area contributed by atoms with Gasteiger partial charge in [0.15, 0.2) is 0 Å². The Kier molecular flexibility index (Phi) is 3.11. The third-order valence-electron chi connectivity index (χ3n) is 1.74. The zero-order valence-corrected chi connectivity index (χ0v) is 9.13. The molecule has 1 amide bonds. The quantitative estimate of drug-likeness (QED) is 0.471. The van der Waals surface area contributed by atoms with Gasteiger partial charge in [-0.15, -0.1) is 0 Å². The third-order valence-corrected chi connectivity index (χ3v) is 2.17. The molecule has 5 heteroatoms. The predicted octanol–water partition coefficient (Wildman–Crippen LogP) is 1.43. The molecule has 0 saturated heterocycles. The number of carbonyl (C=O) groups excluding carboxylic acids is 1. The lowest BCUT2D eigenvalue weighted by atomic mass is 10.3. The Hall–Kier alpha value is -0.810. The molecule has 72 valence electrons. The first-order valence-electron chi connectivity index (χ1n) is 3.94. The largest absolute Gasteiger partial charge is 0.340 e. The minimum Gasteiger partial charge on any atom is -0.340 e. The molecule has 1 aromatic rings. The third kappa shape index (κ3) is 2.10. The average Bonchev–Trinajstić information content (AvgIpc) is 2.46. The molecule has 0 saturated carbocycles. The van der Waals surface area contributed by atoms with E-state index in [9.17, 15) is 4.79 Å². The molecule has 0 fully saturated rings. The minimum absolute atomic E-state index is 0.235. The normalized spacial score (nSPS) is 10.5. The van der Waals surface area contributed by atoms with Crippen LogP contribution in [0.2, 0.25) is 0 Å². The van der Waals surface area contributed by atoms with Crippen molar-refractivity contribution in [3.05, 3.63) is 22.4 Å². The van der Waals surface area contributed by atoms with Gasteiger partial charge in [0, 0.05) is 16.7 Å². The van der Waals surface area contributed by atoms with Gasteiger partial charge in [-0.1, -0.05) is 0 Å². The Balaban J connectivity index is 3.11. The molecule has 0 aliphatic heterocycles. The van der Waals surface area contributed by atoms with Crippen molar-refractivity contribution in [1.82, 2.24) is 9.99 Å². The summed E-state index contributed by atoms with van der Waals surface area (Å²) in [5.41, 5.74) is 2.67. The van der Waals surface area contributed by atoms with Gasteiger partial charge in [-0.05, 0) is 35.8 Å². The number of carbonyl (C=O) groups is 1. The number of rotatable bonds is 2. The lowest BCUT2D eigenvalue weighted by Gasteiger charge is -2.10. The van der Waals surface area contributed by atoms with E-state index in [1.54, 1.807) is 6.07 Å². The van der Waals surface area contributed by atoms with E-state index in [0.717, 1.165) is 4.47 Å². The molecule has 0 spiro atoms. The number of aromatic nitrogens is 1. The molecule has 4 nitrogen and oxygen atoms in total. The number of nitrogens with two attached hydrogens (primary N) is 1. The van der Waals surface area contributed by atoms with E-state index in [2.05, 4.69) is 21.4 Å². The zero-order valence-electron chi connectivity index (χ0n) is 7.54. The SMILES string of the molecule is CC(C)n1cc(Br)cc1C(=O)NN. The molecule has 1 aromatic heterocycles. The van der Waals surface area contributed by atoms with Gasteiger partial charge in [0.25, 0.3) is 5.91 Å². The molecule has 0 aliphatic rings. The molecule has 0 unspecified atom stereocenters. The van der Waals surface area contributed by atoms with Crippen LogP contribution in [-0.4, -0.2) is 10.5 Å². The van der Waals surface area contributed by atoms with Crippen molar-refractivity contribution < 1.29 is 4.79 Å². The Morgan fingerprint density at radius 3 is 2.77 bits per heavy atom. The van der Waals surface area contributed by atoms with E-state index in [4.69, 9.17) is 5.84 Å². The van der Waals surface area contributed by atoms with Crippen molar-refractivity contribution in [2.45, 2.75) is 19.9 Å². The first-order chi connectivity index (χ1) is 6.06. The molecule has 0 atom stereocenters. The molecule has 0 aromatic carbocycles. The minimum atomic E-state index is -0.278. The highest BCUT2D eigenvalue weighted by molar-refractivity contribution is 9.10. The number of hydrogen-bond donors (Lipinski definition) is 2. The number of nitrogen functional groups attached to an aromatic ring is 1. The summed E-state index contributed by atoms with van der Waals surface area (Å²) in [5.74, 6) is 4.78. The fraction of sp³-hybridized carbons (Fsp3) is 0.375. The summed E-state index contributed by atoms with van der Waals surface area (Å²) in [5, 5.41) is 0. The number of hydrogen-bond acceptors (Lipinski definition) is 2. The summed E-state index contributed by atoms with van der Waals surface area (Å²) >= 11 is 3.31. The topological polar surface area (TPSA) is 60.0 Å². The van der Waals surface area contributed by atoms with Crippen molar-refractivity contribution in [2.24, 2.45) is 5.84 Å². The van der Waals surface area contributed by atoms with Crippen LogP contribution in [0.4, 0.5) is 0 Å². The molecule has 1 rings (SSSR count). The van der Waals surface area contributed by atoms with Gasteiger partial charge in [0.1, 0.15) is 5.69 Å². The van der Waals surface area contributed by atoms with Crippen molar-refractivity contribution in [3.63, 3.8) is 0 Å². The van der Waals surface area contributed by atoms with Crippen LogP contribution in [0.3, 0.4) is 0 Å². The van der Waals surface area contributed by atoms with Crippen LogP contribution >= 0.6 is 15.9 Å². The van der Waals surface area contributed by atoms with Crippen LogP contribution in [0.15, 0.2) is 16.7 Å². The number of amides is 1. The van der Waals surface area contributed by atoms with Gasteiger partial charge in [0.2, 0.25) is 0 Å². The molecule has 1 heterocycles. The number of halogens is 1. The second-order valence-corrected chi connectivity index (χ2v) is 3.93. The van der Waals surface area contributed by atoms with Crippen LogP contribution in [0.1, 0.15) is 30.4 Å². The van der Waals surface area contributed by atoms with Crippen LogP contribution in [0.5, 0.6) is 0 Å². The Morgan fingerprint density at radius 1 is 1.69 bits per heavy atom.